The lowest BCUT2D eigenvalue weighted by Crippen LogP contribution is -2.46. The van der Waals surface area contributed by atoms with E-state index in [1.807, 2.05) is 19.1 Å². The number of pyridine rings is 1. The molecule has 2 aliphatic rings. The van der Waals surface area contributed by atoms with E-state index in [1.54, 1.807) is 63.4 Å². The molecule has 0 radical (unpaired) electrons. The van der Waals surface area contributed by atoms with Crippen LogP contribution >= 0.6 is 0 Å². The van der Waals surface area contributed by atoms with Crippen molar-refractivity contribution in [2.75, 3.05) is 12.4 Å². The fraction of sp³-hybridized carbons (Fsp3) is 0.442. The Kier molecular flexibility index (Phi) is 11.2. The highest BCUT2D eigenvalue weighted by atomic mass is 16.7. The molecule has 304 valence electrons. The Morgan fingerprint density at radius 3 is 2.35 bits per heavy atom. The van der Waals surface area contributed by atoms with Crippen LogP contribution in [-0.4, -0.2) is 84.8 Å². The van der Waals surface area contributed by atoms with Gasteiger partial charge < -0.3 is 44.7 Å². The smallest absolute Gasteiger partial charge is 0.312 e. The number of aliphatic hydroxyl groups is 2. The molecule has 0 aliphatic carbocycles. The second kappa shape index (κ2) is 15.5. The third-order valence-electron chi connectivity index (χ3n) is 11.5. The number of esters is 1. The van der Waals surface area contributed by atoms with E-state index in [0.717, 1.165) is 5.56 Å². The summed E-state index contributed by atoms with van der Waals surface area (Å²) < 4.78 is 25.5. The van der Waals surface area contributed by atoms with E-state index >= 15 is 0 Å². The van der Waals surface area contributed by atoms with Gasteiger partial charge in [0.2, 0.25) is 0 Å². The van der Waals surface area contributed by atoms with Crippen molar-refractivity contribution in [3.63, 3.8) is 0 Å². The van der Waals surface area contributed by atoms with Crippen LogP contribution in [0.25, 0.3) is 27.5 Å². The number of phenols is 2. The van der Waals surface area contributed by atoms with Crippen LogP contribution in [0.2, 0.25) is 0 Å². The molecule has 6 rings (SSSR count). The molecule has 5 N–H and O–H groups in total. The second-order valence-electron chi connectivity index (χ2n) is 15.6. The summed E-state index contributed by atoms with van der Waals surface area (Å²) in [4.78, 5) is 45.6. The van der Waals surface area contributed by atoms with E-state index in [1.165, 1.54) is 40.2 Å². The number of benzene rings is 2. The zero-order valence-corrected chi connectivity index (χ0v) is 33.8. The van der Waals surface area contributed by atoms with Gasteiger partial charge in [-0.05, 0) is 44.5 Å². The molecule has 0 unspecified atom stereocenters. The number of ether oxygens (including phenoxy) is 4. The highest BCUT2D eigenvalue weighted by Gasteiger charge is 2.50. The predicted molar refractivity (Wildman–Crippen MR) is 213 cm³/mol. The number of nitrogens with one attached hydrogen (secondary N) is 1. The van der Waals surface area contributed by atoms with Crippen molar-refractivity contribution in [2.45, 2.75) is 92.5 Å². The van der Waals surface area contributed by atoms with Gasteiger partial charge in [-0.15, -0.1) is 0 Å². The van der Waals surface area contributed by atoms with Gasteiger partial charge in [-0.1, -0.05) is 45.9 Å². The summed E-state index contributed by atoms with van der Waals surface area (Å²) >= 11 is 0. The number of allylic oxidation sites excluding steroid dienone is 2. The average molecular weight is 786 g/mol. The number of anilines is 1. The predicted octanol–water partition coefficient (Wildman–Crippen LogP) is 6.16. The number of aliphatic hydroxyl groups excluding tert-OH is 2. The maximum absolute atomic E-state index is 14.6. The summed E-state index contributed by atoms with van der Waals surface area (Å²) in [5.41, 5.74) is 2.18. The number of ketones is 1. The maximum atomic E-state index is 14.6. The molecule has 9 atom stereocenters. The van der Waals surface area contributed by atoms with Crippen LogP contribution < -0.4 is 10.1 Å². The van der Waals surface area contributed by atoms with Crippen LogP contribution in [0.1, 0.15) is 70.0 Å². The SMILES string of the molecule is CO[C@H]1/C=C\O[C@@]2(C)Oc3c(C)c(O)c4c(O)c(c5c(nc6cc(C)ccn65)c4c3C2=O)NC(=O)/C(C)=C/C=C/[C@H](C)[C@H](O)[C@@H](C)[C@@H](O)[C@@H](C)[C@H](OC(C)=O)[C@@H]1C. The first-order chi connectivity index (χ1) is 26.8. The lowest BCUT2D eigenvalue weighted by molar-refractivity contribution is -0.160. The standard InChI is InChI=1S/C43H51N3O11/c1-19-14-16-46-28(18-19)44-32-29-30-37(50)25(7)40-31(29)41(52)43(9,57-40)55-17-15-27(54-10)22(4)39(56-26(8)47)24(6)36(49)23(5)35(48)20(2)12-11-13-21(3)42(53)45-33(34(32)46)38(30)51/h11-18,20,22-24,27,35-36,39,48-51H,1-10H3,(H,45,53)/b12-11+,17-15-,21-13+/t20-,22+,23+,24+,27-,35-,36+,39+,43-/m0/s1. The molecular weight excluding hydrogens is 734 g/mol. The molecule has 2 aromatic heterocycles. The van der Waals surface area contributed by atoms with Crippen LogP contribution in [0.4, 0.5) is 5.69 Å². The van der Waals surface area contributed by atoms with Gasteiger partial charge in [-0.3, -0.25) is 18.8 Å². The van der Waals surface area contributed by atoms with Crippen LogP contribution in [-0.2, 0) is 23.8 Å². The first-order valence-electron chi connectivity index (χ1n) is 19.0. The largest absolute Gasteiger partial charge is 0.507 e. The summed E-state index contributed by atoms with van der Waals surface area (Å²) in [5.74, 6) is -6.96. The molecule has 4 bridgehead atoms. The number of phenolic OH excluding ortho intramolecular Hbond substituents is 2. The molecule has 4 aromatic rings. The molecule has 0 saturated carbocycles. The zero-order valence-electron chi connectivity index (χ0n) is 33.8. The molecule has 2 aliphatic heterocycles. The van der Waals surface area contributed by atoms with Gasteiger partial charge in [0.05, 0.1) is 35.5 Å². The fourth-order valence-corrected chi connectivity index (χ4v) is 8.03. The number of carbonyl (C=O) groups is 3. The van der Waals surface area contributed by atoms with Crippen molar-refractivity contribution in [1.29, 1.82) is 0 Å². The zero-order chi connectivity index (χ0) is 41.8. The Bertz CT molecular complexity index is 2380. The van der Waals surface area contributed by atoms with E-state index < -0.39 is 77.3 Å². The molecule has 0 spiro atoms. The normalized spacial score (nSPS) is 30.8. The number of amides is 1. The summed E-state index contributed by atoms with van der Waals surface area (Å²) in [5, 5.41) is 49.4. The number of methoxy groups -OCH3 is 1. The number of Topliss-reactive ketones (excluding diaryl/α,β-unsaturated/α-hetero) is 1. The first-order valence-corrected chi connectivity index (χ1v) is 19.0. The highest BCUT2D eigenvalue weighted by Crippen LogP contribution is 2.54. The number of nitrogens with zero attached hydrogens (tertiary/aromatic N) is 2. The number of fused-ring (bicyclic) bond motifs is 2. The number of hydrogen-bond acceptors (Lipinski definition) is 12. The van der Waals surface area contributed by atoms with Gasteiger partial charge in [0.25, 0.3) is 11.7 Å². The molecular formula is C43H51N3O11. The molecule has 1 amide bonds. The summed E-state index contributed by atoms with van der Waals surface area (Å²) in [7, 11) is 1.46. The number of carbonyl (C=O) groups excluding carboxylic acids is 3. The third-order valence-corrected chi connectivity index (χ3v) is 11.5. The van der Waals surface area contributed by atoms with Crippen LogP contribution in [0.5, 0.6) is 17.2 Å². The van der Waals surface area contributed by atoms with Gasteiger partial charge in [-0.2, -0.15) is 0 Å². The van der Waals surface area contributed by atoms with Gasteiger partial charge in [0.15, 0.2) is 5.75 Å². The molecule has 2 aromatic carbocycles. The van der Waals surface area contributed by atoms with Gasteiger partial charge in [0.1, 0.15) is 40.0 Å². The molecule has 57 heavy (non-hydrogen) atoms. The van der Waals surface area contributed by atoms with Crippen molar-refractivity contribution in [1.82, 2.24) is 9.38 Å². The van der Waals surface area contributed by atoms with Crippen molar-refractivity contribution < 1.29 is 53.8 Å². The van der Waals surface area contributed by atoms with E-state index in [2.05, 4.69) is 5.32 Å². The van der Waals surface area contributed by atoms with Crippen molar-refractivity contribution in [3.05, 3.63) is 71.2 Å². The minimum atomic E-state index is -1.96. The third kappa shape index (κ3) is 7.10. The number of aromatic hydroxyl groups is 2. The van der Waals surface area contributed by atoms with E-state index in [9.17, 15) is 34.8 Å². The summed E-state index contributed by atoms with van der Waals surface area (Å²) in [6, 6.07) is 3.64. The summed E-state index contributed by atoms with van der Waals surface area (Å²) in [6.45, 7) is 14.7. The van der Waals surface area contributed by atoms with Crippen LogP contribution in [0, 0.1) is 37.5 Å². The van der Waals surface area contributed by atoms with Gasteiger partial charge in [-0.25, -0.2) is 4.98 Å². The molecule has 4 heterocycles. The topological polar surface area (TPSA) is 198 Å². The Labute approximate surface area is 330 Å². The number of aryl methyl sites for hydroxylation is 1. The first kappa shape index (κ1) is 41.2. The number of imidazole rings is 1. The van der Waals surface area contributed by atoms with Crippen LogP contribution in [0.3, 0.4) is 0 Å². The lowest BCUT2D eigenvalue weighted by Gasteiger charge is -2.38. The monoisotopic (exact) mass is 785 g/mol. The molecule has 0 saturated heterocycles. The van der Waals surface area contributed by atoms with Crippen molar-refractivity contribution in [2.24, 2.45) is 23.7 Å². The Balaban J connectivity index is 1.58. The molecule has 14 heteroatoms. The van der Waals surface area contributed by atoms with E-state index in [-0.39, 0.29) is 55.7 Å². The van der Waals surface area contributed by atoms with Crippen molar-refractivity contribution >= 4 is 50.8 Å². The highest BCUT2D eigenvalue weighted by molar-refractivity contribution is 6.28. The number of hydrogen-bond donors (Lipinski definition) is 5. The lowest BCUT2D eigenvalue weighted by atomic mass is 9.78. The van der Waals surface area contributed by atoms with E-state index in [4.69, 9.17) is 23.9 Å². The minimum Gasteiger partial charge on any atom is -0.507 e. The molecule has 0 fully saturated rings. The maximum Gasteiger partial charge on any atom is 0.312 e. The Hall–Kier alpha value is -5.44. The van der Waals surface area contributed by atoms with Crippen molar-refractivity contribution in [3.8, 4) is 17.2 Å². The minimum absolute atomic E-state index is 0.0185. The fourth-order valence-electron chi connectivity index (χ4n) is 8.03. The number of rotatable bonds is 2. The summed E-state index contributed by atoms with van der Waals surface area (Å²) in [6.07, 6.45) is 5.62. The van der Waals surface area contributed by atoms with E-state index in [0.29, 0.717) is 5.65 Å². The quantitative estimate of drug-likeness (QED) is 0.115. The number of aromatic nitrogens is 2. The van der Waals surface area contributed by atoms with Crippen LogP contribution in [0.15, 0.2) is 54.5 Å². The average Bonchev–Trinajstić information content (AvgIpc) is 3.67. The molecule has 14 nitrogen and oxygen atoms in total. The van der Waals surface area contributed by atoms with Gasteiger partial charge >= 0.3 is 11.8 Å². The Morgan fingerprint density at radius 2 is 1.68 bits per heavy atom. The Morgan fingerprint density at radius 1 is 0.982 bits per heavy atom. The second-order valence-corrected chi connectivity index (χ2v) is 15.6. The van der Waals surface area contributed by atoms with Gasteiger partial charge in [0, 0.05) is 67.3 Å².